The third-order valence-electron chi connectivity index (χ3n) is 6.47. The van der Waals surface area contributed by atoms with Gasteiger partial charge in [-0.1, -0.05) is 77.8 Å². The molecule has 38 heavy (non-hydrogen) atoms. The molecule has 0 aliphatic carbocycles. The van der Waals surface area contributed by atoms with E-state index in [0.29, 0.717) is 29.6 Å². The van der Waals surface area contributed by atoms with Crippen LogP contribution in [0.25, 0.3) is 17.0 Å². The van der Waals surface area contributed by atoms with E-state index in [4.69, 9.17) is 23.2 Å². The Balaban J connectivity index is 1.52. The molecule has 0 saturated heterocycles. The summed E-state index contributed by atoms with van der Waals surface area (Å²) in [7, 11) is 0. The number of H-pyrrole nitrogens is 1. The van der Waals surface area contributed by atoms with Gasteiger partial charge in [-0.15, -0.1) is 0 Å². The lowest BCUT2D eigenvalue weighted by atomic mass is 10.1. The zero-order valence-electron chi connectivity index (χ0n) is 21.5. The van der Waals surface area contributed by atoms with Gasteiger partial charge in [-0.2, -0.15) is 0 Å². The lowest BCUT2D eigenvalue weighted by Gasteiger charge is -2.29. The van der Waals surface area contributed by atoms with E-state index in [1.165, 1.54) is 6.08 Å². The molecule has 0 aliphatic heterocycles. The number of nitrogens with one attached hydrogen (secondary N) is 1. The highest BCUT2D eigenvalue weighted by molar-refractivity contribution is 6.42. The van der Waals surface area contributed by atoms with Crippen LogP contribution in [-0.2, 0) is 22.6 Å². The first kappa shape index (κ1) is 27.5. The molecule has 0 spiro atoms. The molecule has 5 nitrogen and oxygen atoms in total. The van der Waals surface area contributed by atoms with Crippen LogP contribution in [-0.4, -0.2) is 45.7 Å². The van der Waals surface area contributed by atoms with Crippen molar-refractivity contribution >= 4 is 52.0 Å². The van der Waals surface area contributed by atoms with Gasteiger partial charge in [0, 0.05) is 42.3 Å². The number of aromatic amines is 1. The Labute approximate surface area is 233 Å². The normalized spacial score (nSPS) is 11.4. The molecule has 4 aromatic rings. The Morgan fingerprint density at radius 3 is 2.42 bits per heavy atom. The number of aromatic nitrogens is 1. The molecule has 0 unspecified atom stereocenters. The average molecular weight is 549 g/mol. The minimum atomic E-state index is -0.205. The first-order valence-electron chi connectivity index (χ1n) is 12.6. The van der Waals surface area contributed by atoms with E-state index in [1.54, 1.807) is 28.0 Å². The van der Waals surface area contributed by atoms with Crippen LogP contribution in [0.5, 0.6) is 0 Å². The highest BCUT2D eigenvalue weighted by Crippen LogP contribution is 2.24. The Kier molecular flexibility index (Phi) is 9.27. The molecule has 1 heterocycles. The standard InChI is InChI=1S/C31H31Cl2N3O2/c1-22(2)36(30(37)15-13-23-8-4-3-5-9-23)21-31(38)35(20-24-12-14-27(32)28(33)18-24)17-16-25-19-34-29-11-7-6-10-26(25)29/h3-15,18-19,22,34H,16-17,20-21H2,1-2H3/b15-13+. The average Bonchev–Trinajstić information content (AvgIpc) is 3.33. The fraction of sp³-hybridized carbons (Fsp3) is 0.226. The van der Waals surface area contributed by atoms with E-state index < -0.39 is 0 Å². The molecule has 4 rings (SSSR count). The number of para-hydroxylation sites is 1. The molecule has 196 valence electrons. The van der Waals surface area contributed by atoms with Crippen molar-refractivity contribution in [3.05, 3.63) is 112 Å². The van der Waals surface area contributed by atoms with Crippen molar-refractivity contribution < 1.29 is 9.59 Å². The molecule has 1 N–H and O–H groups in total. The lowest BCUT2D eigenvalue weighted by molar-refractivity contribution is -0.139. The summed E-state index contributed by atoms with van der Waals surface area (Å²) in [6, 6.07) is 23.0. The maximum absolute atomic E-state index is 13.7. The zero-order chi connectivity index (χ0) is 27.1. The number of carbonyl (C=O) groups excluding carboxylic acids is 2. The molecule has 1 aromatic heterocycles. The quantitative estimate of drug-likeness (QED) is 0.217. The summed E-state index contributed by atoms with van der Waals surface area (Å²) in [5.74, 6) is -0.339. The molecule has 2 amide bonds. The van der Waals surface area contributed by atoms with Crippen molar-refractivity contribution in [2.45, 2.75) is 32.9 Å². The van der Waals surface area contributed by atoms with Gasteiger partial charge in [0.25, 0.3) is 0 Å². The number of hydrogen-bond acceptors (Lipinski definition) is 2. The molecule has 0 bridgehead atoms. The summed E-state index contributed by atoms with van der Waals surface area (Å²) in [4.78, 5) is 33.4. The number of amides is 2. The first-order valence-corrected chi connectivity index (χ1v) is 13.4. The second kappa shape index (κ2) is 12.8. The minimum absolute atomic E-state index is 0.0230. The monoisotopic (exact) mass is 547 g/mol. The Morgan fingerprint density at radius 2 is 1.68 bits per heavy atom. The second-order valence-electron chi connectivity index (χ2n) is 9.48. The van der Waals surface area contributed by atoms with Gasteiger partial charge in [-0.05, 0) is 61.2 Å². The summed E-state index contributed by atoms with van der Waals surface area (Å²) >= 11 is 12.4. The molecule has 0 radical (unpaired) electrons. The molecular formula is C31H31Cl2N3O2. The van der Waals surface area contributed by atoms with Gasteiger partial charge in [0.05, 0.1) is 10.0 Å². The van der Waals surface area contributed by atoms with Crippen LogP contribution in [0.2, 0.25) is 10.0 Å². The van der Waals surface area contributed by atoms with Gasteiger partial charge >= 0.3 is 0 Å². The maximum Gasteiger partial charge on any atom is 0.247 e. The maximum atomic E-state index is 13.7. The van der Waals surface area contributed by atoms with Crippen LogP contribution in [0.4, 0.5) is 0 Å². The third kappa shape index (κ3) is 7.06. The van der Waals surface area contributed by atoms with Crippen LogP contribution in [0.3, 0.4) is 0 Å². The van der Waals surface area contributed by atoms with Crippen LogP contribution < -0.4 is 0 Å². The van der Waals surface area contributed by atoms with Crippen LogP contribution in [0, 0.1) is 0 Å². The number of fused-ring (bicyclic) bond motifs is 1. The summed E-state index contributed by atoms with van der Waals surface area (Å²) < 4.78 is 0. The van der Waals surface area contributed by atoms with Crippen molar-refractivity contribution in [2.24, 2.45) is 0 Å². The van der Waals surface area contributed by atoms with E-state index in [9.17, 15) is 9.59 Å². The molecule has 3 aromatic carbocycles. The fourth-order valence-corrected chi connectivity index (χ4v) is 4.65. The Hall–Kier alpha value is -3.54. The minimum Gasteiger partial charge on any atom is -0.361 e. The third-order valence-corrected chi connectivity index (χ3v) is 7.21. The van der Waals surface area contributed by atoms with Crippen LogP contribution in [0.1, 0.15) is 30.5 Å². The topological polar surface area (TPSA) is 56.4 Å². The Bertz CT molecular complexity index is 1430. The molecule has 0 aliphatic rings. The van der Waals surface area contributed by atoms with Gasteiger partial charge in [0.15, 0.2) is 0 Å². The molecular weight excluding hydrogens is 517 g/mol. The first-order chi connectivity index (χ1) is 18.3. The van der Waals surface area contributed by atoms with Crippen molar-refractivity contribution in [1.29, 1.82) is 0 Å². The molecule has 0 fully saturated rings. The number of benzene rings is 3. The van der Waals surface area contributed by atoms with Crippen LogP contribution in [0.15, 0.2) is 85.1 Å². The van der Waals surface area contributed by atoms with Gasteiger partial charge in [0.2, 0.25) is 11.8 Å². The van der Waals surface area contributed by atoms with Crippen LogP contribution >= 0.6 is 23.2 Å². The van der Waals surface area contributed by atoms with E-state index in [-0.39, 0.29) is 24.4 Å². The summed E-state index contributed by atoms with van der Waals surface area (Å²) in [5.41, 5.74) is 4.00. The van der Waals surface area contributed by atoms with Gasteiger partial charge < -0.3 is 14.8 Å². The van der Waals surface area contributed by atoms with Gasteiger partial charge in [0.1, 0.15) is 6.54 Å². The van der Waals surface area contributed by atoms with Crippen molar-refractivity contribution in [2.75, 3.05) is 13.1 Å². The SMILES string of the molecule is CC(C)N(CC(=O)N(CCc1c[nH]c2ccccc12)Cc1ccc(Cl)c(Cl)c1)C(=O)/C=C/c1ccccc1. The molecule has 0 saturated carbocycles. The predicted octanol–water partition coefficient (Wildman–Crippen LogP) is 7.00. The number of carbonyl (C=O) groups is 2. The van der Waals surface area contributed by atoms with Crippen molar-refractivity contribution in [3.8, 4) is 0 Å². The highest BCUT2D eigenvalue weighted by atomic mass is 35.5. The summed E-state index contributed by atoms with van der Waals surface area (Å²) in [6.07, 6.45) is 5.95. The molecule has 0 atom stereocenters. The van der Waals surface area contributed by atoms with Gasteiger partial charge in [-0.3, -0.25) is 9.59 Å². The number of hydrogen-bond donors (Lipinski definition) is 1. The van der Waals surface area contributed by atoms with E-state index in [0.717, 1.165) is 27.6 Å². The summed E-state index contributed by atoms with van der Waals surface area (Å²) in [6.45, 7) is 4.65. The van der Waals surface area contributed by atoms with E-state index in [2.05, 4.69) is 11.1 Å². The number of nitrogens with zero attached hydrogens (tertiary/aromatic N) is 2. The predicted molar refractivity (Wildman–Crippen MR) is 156 cm³/mol. The summed E-state index contributed by atoms with van der Waals surface area (Å²) in [5, 5.41) is 2.05. The largest absolute Gasteiger partial charge is 0.361 e. The Morgan fingerprint density at radius 1 is 0.947 bits per heavy atom. The van der Waals surface area contributed by atoms with Crippen molar-refractivity contribution in [1.82, 2.24) is 14.8 Å². The smallest absolute Gasteiger partial charge is 0.247 e. The number of halogens is 2. The van der Waals surface area contributed by atoms with E-state index in [1.807, 2.05) is 74.6 Å². The second-order valence-corrected chi connectivity index (χ2v) is 10.3. The molecule has 7 heteroatoms. The number of rotatable bonds is 10. The zero-order valence-corrected chi connectivity index (χ0v) is 23.0. The fourth-order valence-electron chi connectivity index (χ4n) is 4.33. The lowest BCUT2D eigenvalue weighted by Crippen LogP contribution is -2.45. The van der Waals surface area contributed by atoms with Crippen molar-refractivity contribution in [3.63, 3.8) is 0 Å². The van der Waals surface area contributed by atoms with Gasteiger partial charge in [-0.25, -0.2) is 0 Å². The van der Waals surface area contributed by atoms with E-state index >= 15 is 0 Å². The highest BCUT2D eigenvalue weighted by Gasteiger charge is 2.23.